The summed E-state index contributed by atoms with van der Waals surface area (Å²) in [5.41, 5.74) is 4.17. The van der Waals surface area contributed by atoms with Crippen LogP contribution < -0.4 is 5.32 Å². The van der Waals surface area contributed by atoms with Gasteiger partial charge in [-0.15, -0.1) is 0 Å². The molecule has 0 aliphatic carbocycles. The minimum absolute atomic E-state index is 0.200. The number of imidazole rings is 2. The smallest absolute Gasteiger partial charge is 0.254 e. The molecule has 0 saturated carbocycles. The Morgan fingerprint density at radius 2 is 2.20 bits per heavy atom. The molecule has 0 fully saturated rings. The fourth-order valence-electron chi connectivity index (χ4n) is 3.11. The first kappa shape index (κ1) is 15.3. The van der Waals surface area contributed by atoms with Gasteiger partial charge in [0.2, 0.25) is 0 Å². The third-order valence-electron chi connectivity index (χ3n) is 4.33. The molecule has 2 N–H and O–H groups in total. The SMILES string of the molecule is Cc1cccc2nc(CNC(=O)c3cc(F)cc4[nH]cnc34)n(C)c12. The summed E-state index contributed by atoms with van der Waals surface area (Å²) >= 11 is 0. The molecule has 2 aromatic carbocycles. The van der Waals surface area contributed by atoms with Crippen LogP contribution in [0.15, 0.2) is 36.7 Å². The zero-order valence-corrected chi connectivity index (χ0v) is 13.8. The monoisotopic (exact) mass is 337 g/mol. The van der Waals surface area contributed by atoms with Crippen molar-refractivity contribution in [2.75, 3.05) is 0 Å². The third-order valence-corrected chi connectivity index (χ3v) is 4.33. The van der Waals surface area contributed by atoms with Crippen LogP contribution in [0.1, 0.15) is 21.7 Å². The van der Waals surface area contributed by atoms with Crippen LogP contribution in [0, 0.1) is 12.7 Å². The summed E-state index contributed by atoms with van der Waals surface area (Å²) in [6, 6.07) is 8.42. The minimum atomic E-state index is -0.486. The highest BCUT2D eigenvalue weighted by Gasteiger charge is 2.16. The molecular formula is C18H16FN5O. The van der Waals surface area contributed by atoms with Crippen molar-refractivity contribution in [1.82, 2.24) is 24.8 Å². The van der Waals surface area contributed by atoms with Crippen molar-refractivity contribution in [1.29, 1.82) is 0 Å². The molecule has 0 atom stereocenters. The molecule has 25 heavy (non-hydrogen) atoms. The first-order valence-electron chi connectivity index (χ1n) is 7.86. The van der Waals surface area contributed by atoms with Gasteiger partial charge >= 0.3 is 0 Å². The van der Waals surface area contributed by atoms with Gasteiger partial charge in [0.05, 0.1) is 35.0 Å². The first-order chi connectivity index (χ1) is 12.0. The molecule has 126 valence electrons. The van der Waals surface area contributed by atoms with Crippen molar-refractivity contribution in [2.45, 2.75) is 13.5 Å². The average Bonchev–Trinajstić information content (AvgIpc) is 3.17. The van der Waals surface area contributed by atoms with Crippen molar-refractivity contribution in [2.24, 2.45) is 7.05 Å². The number of aromatic nitrogens is 4. The number of para-hydroxylation sites is 1. The Hall–Kier alpha value is -3.22. The second kappa shape index (κ2) is 5.70. The van der Waals surface area contributed by atoms with Crippen LogP contribution in [-0.4, -0.2) is 25.4 Å². The Balaban J connectivity index is 1.63. The lowest BCUT2D eigenvalue weighted by Crippen LogP contribution is -2.24. The summed E-state index contributed by atoms with van der Waals surface area (Å²) in [5.74, 6) is -0.145. The summed E-state index contributed by atoms with van der Waals surface area (Å²) in [6.07, 6.45) is 1.44. The van der Waals surface area contributed by atoms with Crippen LogP contribution in [-0.2, 0) is 13.6 Å². The van der Waals surface area contributed by atoms with Crippen LogP contribution in [0.2, 0.25) is 0 Å². The van der Waals surface area contributed by atoms with E-state index in [0.29, 0.717) is 11.0 Å². The van der Waals surface area contributed by atoms with Crippen LogP contribution in [0.25, 0.3) is 22.1 Å². The number of halogens is 1. The molecule has 7 heteroatoms. The number of hydrogen-bond acceptors (Lipinski definition) is 3. The van der Waals surface area contributed by atoms with Gasteiger partial charge in [0, 0.05) is 7.05 Å². The molecular weight excluding hydrogens is 321 g/mol. The van der Waals surface area contributed by atoms with E-state index in [1.807, 2.05) is 36.7 Å². The maximum absolute atomic E-state index is 13.7. The number of nitrogens with one attached hydrogen (secondary N) is 2. The molecule has 1 amide bonds. The number of H-pyrrole nitrogens is 1. The summed E-state index contributed by atoms with van der Waals surface area (Å²) in [5, 5.41) is 2.80. The maximum atomic E-state index is 13.7. The van der Waals surface area contributed by atoms with Gasteiger partial charge in [-0.05, 0) is 30.7 Å². The standard InChI is InChI=1S/C18H16FN5O/c1-10-4-3-5-13-17(10)24(2)15(23-13)8-20-18(25)12-6-11(19)7-14-16(12)22-9-21-14/h3-7,9H,8H2,1-2H3,(H,20,25)(H,21,22). The lowest BCUT2D eigenvalue weighted by atomic mass is 10.1. The van der Waals surface area contributed by atoms with E-state index in [2.05, 4.69) is 20.3 Å². The zero-order chi connectivity index (χ0) is 17.6. The lowest BCUT2D eigenvalue weighted by molar-refractivity contribution is 0.0950. The largest absolute Gasteiger partial charge is 0.345 e. The van der Waals surface area contributed by atoms with Crippen molar-refractivity contribution >= 4 is 28.0 Å². The van der Waals surface area contributed by atoms with Crippen LogP contribution in [0.3, 0.4) is 0 Å². The summed E-state index contributed by atoms with van der Waals surface area (Å²) in [4.78, 5) is 24.0. The quantitative estimate of drug-likeness (QED) is 0.603. The molecule has 0 saturated heterocycles. The van der Waals surface area contributed by atoms with Crippen molar-refractivity contribution in [3.63, 3.8) is 0 Å². The van der Waals surface area contributed by atoms with Crippen molar-refractivity contribution in [3.05, 3.63) is 59.4 Å². The number of amides is 1. The molecule has 6 nitrogen and oxygen atoms in total. The van der Waals surface area contributed by atoms with E-state index in [9.17, 15) is 9.18 Å². The third kappa shape index (κ3) is 2.53. The molecule has 0 bridgehead atoms. The highest BCUT2D eigenvalue weighted by Crippen LogP contribution is 2.20. The number of hydrogen-bond donors (Lipinski definition) is 2. The summed E-state index contributed by atoms with van der Waals surface area (Å²) in [6.45, 7) is 2.26. The molecule has 0 spiro atoms. The average molecular weight is 337 g/mol. The predicted octanol–water partition coefficient (Wildman–Crippen LogP) is 2.83. The first-order valence-corrected chi connectivity index (χ1v) is 7.86. The van der Waals surface area contributed by atoms with E-state index in [1.54, 1.807) is 0 Å². The van der Waals surface area contributed by atoms with Gasteiger partial charge < -0.3 is 14.9 Å². The number of nitrogens with zero attached hydrogens (tertiary/aromatic N) is 3. The van der Waals surface area contributed by atoms with E-state index in [0.717, 1.165) is 22.4 Å². The van der Waals surface area contributed by atoms with E-state index in [-0.39, 0.29) is 18.0 Å². The molecule has 2 heterocycles. The molecule has 0 radical (unpaired) electrons. The number of carbonyl (C=O) groups is 1. The lowest BCUT2D eigenvalue weighted by Gasteiger charge is -2.07. The van der Waals surface area contributed by atoms with Gasteiger partial charge in [-0.25, -0.2) is 14.4 Å². The Morgan fingerprint density at radius 1 is 1.36 bits per heavy atom. The highest BCUT2D eigenvalue weighted by molar-refractivity contribution is 6.04. The number of benzene rings is 2. The van der Waals surface area contributed by atoms with Gasteiger partial charge in [-0.2, -0.15) is 0 Å². The summed E-state index contributed by atoms with van der Waals surface area (Å²) < 4.78 is 15.7. The number of carbonyl (C=O) groups excluding carboxylic acids is 1. The minimum Gasteiger partial charge on any atom is -0.345 e. The molecule has 0 aliphatic heterocycles. The molecule has 0 aliphatic rings. The molecule has 0 unspecified atom stereocenters. The predicted molar refractivity (Wildman–Crippen MR) is 92.7 cm³/mol. The van der Waals surface area contributed by atoms with Gasteiger partial charge in [0.15, 0.2) is 0 Å². The molecule has 4 aromatic rings. The van der Waals surface area contributed by atoms with E-state index >= 15 is 0 Å². The fraction of sp³-hybridized carbons (Fsp3) is 0.167. The normalized spacial score (nSPS) is 11.3. The maximum Gasteiger partial charge on any atom is 0.254 e. The topological polar surface area (TPSA) is 75.6 Å². The number of fused-ring (bicyclic) bond motifs is 2. The fourth-order valence-corrected chi connectivity index (χ4v) is 3.11. The van der Waals surface area contributed by atoms with Gasteiger partial charge in [-0.3, -0.25) is 4.79 Å². The summed E-state index contributed by atoms with van der Waals surface area (Å²) in [7, 11) is 1.91. The zero-order valence-electron chi connectivity index (χ0n) is 13.8. The van der Waals surface area contributed by atoms with Gasteiger partial charge in [-0.1, -0.05) is 12.1 Å². The number of aryl methyl sites for hydroxylation is 2. The van der Waals surface area contributed by atoms with Gasteiger partial charge in [0.1, 0.15) is 17.2 Å². The van der Waals surface area contributed by atoms with E-state index < -0.39 is 5.82 Å². The van der Waals surface area contributed by atoms with Crippen LogP contribution in [0.4, 0.5) is 4.39 Å². The van der Waals surface area contributed by atoms with Crippen LogP contribution >= 0.6 is 0 Å². The van der Waals surface area contributed by atoms with Crippen LogP contribution in [0.5, 0.6) is 0 Å². The second-order valence-corrected chi connectivity index (χ2v) is 5.96. The Morgan fingerprint density at radius 3 is 3.00 bits per heavy atom. The Kier molecular flexibility index (Phi) is 3.49. The molecule has 2 aromatic heterocycles. The molecule has 4 rings (SSSR count). The Bertz CT molecular complexity index is 1110. The van der Waals surface area contributed by atoms with Crippen molar-refractivity contribution < 1.29 is 9.18 Å². The second-order valence-electron chi connectivity index (χ2n) is 5.96. The Labute approximate surface area is 142 Å². The number of rotatable bonds is 3. The highest BCUT2D eigenvalue weighted by atomic mass is 19.1. The van der Waals surface area contributed by atoms with E-state index in [4.69, 9.17) is 0 Å². The van der Waals surface area contributed by atoms with Crippen molar-refractivity contribution in [3.8, 4) is 0 Å². The van der Waals surface area contributed by atoms with E-state index in [1.165, 1.54) is 18.5 Å². The number of aromatic amines is 1. The van der Waals surface area contributed by atoms with Gasteiger partial charge in [0.25, 0.3) is 5.91 Å².